The summed E-state index contributed by atoms with van der Waals surface area (Å²) in [5.41, 5.74) is 6.53. The second kappa shape index (κ2) is 4.24. The van der Waals surface area contributed by atoms with Crippen molar-refractivity contribution in [2.75, 3.05) is 0 Å². The van der Waals surface area contributed by atoms with Crippen molar-refractivity contribution in [3.05, 3.63) is 35.4 Å². The molecule has 1 fully saturated rings. The minimum Gasteiger partial charge on any atom is -0.324 e. The van der Waals surface area contributed by atoms with Gasteiger partial charge in [-0.25, -0.2) is 8.78 Å². The van der Waals surface area contributed by atoms with Crippen LogP contribution in [0.15, 0.2) is 18.2 Å². The van der Waals surface area contributed by atoms with Crippen LogP contribution in [0.3, 0.4) is 0 Å². The molecular formula is C10H12ClF2N. The molecule has 0 bridgehead atoms. The fourth-order valence-corrected chi connectivity index (χ4v) is 1.45. The molecule has 1 nitrogen and oxygen atoms in total. The van der Waals surface area contributed by atoms with Crippen LogP contribution < -0.4 is 5.73 Å². The third kappa shape index (κ3) is 2.22. The van der Waals surface area contributed by atoms with Gasteiger partial charge in [0.15, 0.2) is 11.6 Å². The molecule has 0 spiro atoms. The van der Waals surface area contributed by atoms with E-state index in [-0.39, 0.29) is 18.4 Å². The Labute approximate surface area is 87.7 Å². The molecular weight excluding hydrogens is 208 g/mol. The molecule has 1 saturated carbocycles. The first-order chi connectivity index (χ1) is 6.18. The normalized spacial score (nSPS) is 17.4. The highest BCUT2D eigenvalue weighted by Gasteiger charge is 2.29. The van der Waals surface area contributed by atoms with Crippen molar-refractivity contribution in [3.63, 3.8) is 0 Å². The lowest BCUT2D eigenvalue weighted by molar-refractivity contribution is 0.503. The predicted molar refractivity (Wildman–Crippen MR) is 53.3 cm³/mol. The molecule has 0 aromatic heterocycles. The molecule has 4 heteroatoms. The average Bonchev–Trinajstić information content (AvgIpc) is 2.91. The Morgan fingerprint density at radius 1 is 1.21 bits per heavy atom. The van der Waals surface area contributed by atoms with Crippen molar-refractivity contribution in [2.24, 2.45) is 11.7 Å². The molecule has 1 aliphatic rings. The molecule has 0 radical (unpaired) electrons. The van der Waals surface area contributed by atoms with Crippen LogP contribution in [0, 0.1) is 17.6 Å². The van der Waals surface area contributed by atoms with Crippen LogP contribution in [-0.4, -0.2) is 0 Å². The molecule has 1 aliphatic carbocycles. The number of hydrogen-bond donors (Lipinski definition) is 1. The highest BCUT2D eigenvalue weighted by atomic mass is 35.5. The maximum atomic E-state index is 12.8. The van der Waals surface area contributed by atoms with Crippen LogP contribution in [0.1, 0.15) is 24.4 Å². The average molecular weight is 220 g/mol. The number of halogens is 3. The first-order valence-electron chi connectivity index (χ1n) is 4.39. The van der Waals surface area contributed by atoms with Gasteiger partial charge in [0.1, 0.15) is 0 Å². The van der Waals surface area contributed by atoms with Crippen molar-refractivity contribution in [1.29, 1.82) is 0 Å². The second-order valence-electron chi connectivity index (χ2n) is 3.54. The molecule has 0 aliphatic heterocycles. The van der Waals surface area contributed by atoms with Gasteiger partial charge in [-0.3, -0.25) is 0 Å². The van der Waals surface area contributed by atoms with E-state index in [2.05, 4.69) is 0 Å². The summed E-state index contributed by atoms with van der Waals surface area (Å²) in [7, 11) is 0. The molecule has 0 amide bonds. The number of benzene rings is 1. The van der Waals surface area contributed by atoms with E-state index in [1.165, 1.54) is 6.07 Å². The van der Waals surface area contributed by atoms with Crippen LogP contribution in [0.5, 0.6) is 0 Å². The first kappa shape index (κ1) is 11.4. The molecule has 0 heterocycles. The molecule has 14 heavy (non-hydrogen) atoms. The van der Waals surface area contributed by atoms with Crippen molar-refractivity contribution in [2.45, 2.75) is 18.9 Å². The van der Waals surface area contributed by atoms with E-state index in [1.807, 2.05) is 0 Å². The quantitative estimate of drug-likeness (QED) is 0.813. The van der Waals surface area contributed by atoms with Crippen molar-refractivity contribution >= 4 is 12.4 Å². The highest BCUT2D eigenvalue weighted by Crippen LogP contribution is 2.39. The van der Waals surface area contributed by atoms with E-state index in [0.29, 0.717) is 11.5 Å². The van der Waals surface area contributed by atoms with E-state index < -0.39 is 11.6 Å². The fourth-order valence-electron chi connectivity index (χ4n) is 1.45. The first-order valence-corrected chi connectivity index (χ1v) is 4.39. The standard InChI is InChI=1S/C10H11F2N.ClH/c11-8-4-3-7(5-9(8)12)10(13)6-1-2-6;/h3-6,10H,1-2,13H2;1H/t10-;/m1./s1. The van der Waals surface area contributed by atoms with Crippen LogP contribution in [-0.2, 0) is 0 Å². The Morgan fingerprint density at radius 2 is 1.86 bits per heavy atom. The molecule has 2 rings (SSSR count). The molecule has 1 aromatic rings. The summed E-state index contributed by atoms with van der Waals surface area (Å²) in [4.78, 5) is 0. The predicted octanol–water partition coefficient (Wildman–Crippen LogP) is 2.80. The summed E-state index contributed by atoms with van der Waals surface area (Å²) in [5, 5.41) is 0. The largest absolute Gasteiger partial charge is 0.324 e. The Hall–Kier alpha value is -0.670. The lowest BCUT2D eigenvalue weighted by Crippen LogP contribution is -2.12. The summed E-state index contributed by atoms with van der Waals surface area (Å²) in [6, 6.07) is 3.75. The van der Waals surface area contributed by atoms with Gasteiger partial charge < -0.3 is 5.73 Å². The number of rotatable bonds is 2. The lowest BCUT2D eigenvalue weighted by Gasteiger charge is -2.10. The maximum absolute atomic E-state index is 12.8. The zero-order valence-corrected chi connectivity index (χ0v) is 8.36. The van der Waals surface area contributed by atoms with E-state index in [4.69, 9.17) is 5.73 Å². The maximum Gasteiger partial charge on any atom is 0.159 e. The van der Waals surface area contributed by atoms with Crippen molar-refractivity contribution in [1.82, 2.24) is 0 Å². The van der Waals surface area contributed by atoms with Gasteiger partial charge in [0.05, 0.1) is 0 Å². The molecule has 0 saturated heterocycles. The van der Waals surface area contributed by atoms with Gasteiger partial charge in [-0.15, -0.1) is 12.4 Å². The van der Waals surface area contributed by atoms with Gasteiger partial charge in [-0.05, 0) is 36.5 Å². The molecule has 1 atom stereocenters. The van der Waals surface area contributed by atoms with E-state index in [0.717, 1.165) is 18.9 Å². The number of hydrogen-bond acceptors (Lipinski definition) is 1. The van der Waals surface area contributed by atoms with Crippen molar-refractivity contribution in [3.8, 4) is 0 Å². The van der Waals surface area contributed by atoms with Crippen LogP contribution in [0.25, 0.3) is 0 Å². The molecule has 0 unspecified atom stereocenters. The summed E-state index contributed by atoms with van der Waals surface area (Å²) in [5.74, 6) is -1.16. The van der Waals surface area contributed by atoms with Crippen LogP contribution in [0.2, 0.25) is 0 Å². The third-order valence-electron chi connectivity index (χ3n) is 2.46. The second-order valence-corrected chi connectivity index (χ2v) is 3.54. The Bertz CT molecular complexity index is 326. The number of nitrogens with two attached hydrogens (primary N) is 1. The summed E-state index contributed by atoms with van der Waals surface area (Å²) in [6.45, 7) is 0. The monoisotopic (exact) mass is 219 g/mol. The zero-order chi connectivity index (χ0) is 9.42. The smallest absolute Gasteiger partial charge is 0.159 e. The minimum absolute atomic E-state index is 0. The summed E-state index contributed by atoms with van der Waals surface area (Å²) < 4.78 is 25.4. The van der Waals surface area contributed by atoms with Gasteiger partial charge in [0.2, 0.25) is 0 Å². The van der Waals surface area contributed by atoms with E-state index in [9.17, 15) is 8.78 Å². The van der Waals surface area contributed by atoms with E-state index in [1.54, 1.807) is 6.07 Å². The molecule has 2 N–H and O–H groups in total. The van der Waals surface area contributed by atoms with Crippen molar-refractivity contribution < 1.29 is 8.78 Å². The minimum atomic E-state index is -0.813. The Balaban J connectivity index is 0.000000980. The highest BCUT2D eigenvalue weighted by molar-refractivity contribution is 5.85. The lowest BCUT2D eigenvalue weighted by atomic mass is 10.0. The summed E-state index contributed by atoms with van der Waals surface area (Å²) in [6.07, 6.45) is 2.19. The van der Waals surface area contributed by atoms with Gasteiger partial charge in [0.25, 0.3) is 0 Å². The summed E-state index contributed by atoms with van der Waals surface area (Å²) >= 11 is 0. The topological polar surface area (TPSA) is 26.0 Å². The fraction of sp³-hybridized carbons (Fsp3) is 0.400. The zero-order valence-electron chi connectivity index (χ0n) is 7.54. The van der Waals surface area contributed by atoms with Gasteiger partial charge >= 0.3 is 0 Å². The van der Waals surface area contributed by atoms with Gasteiger partial charge in [-0.2, -0.15) is 0 Å². The van der Waals surface area contributed by atoms with Gasteiger partial charge in [-0.1, -0.05) is 6.07 Å². The van der Waals surface area contributed by atoms with Crippen LogP contribution in [0.4, 0.5) is 8.78 Å². The van der Waals surface area contributed by atoms with E-state index >= 15 is 0 Å². The Kier molecular flexibility index (Phi) is 3.45. The Morgan fingerprint density at radius 3 is 2.36 bits per heavy atom. The van der Waals surface area contributed by atoms with Gasteiger partial charge in [0, 0.05) is 6.04 Å². The third-order valence-corrected chi connectivity index (χ3v) is 2.46. The van der Waals surface area contributed by atoms with Crippen LogP contribution >= 0.6 is 12.4 Å². The molecule has 1 aromatic carbocycles. The molecule has 78 valence electrons. The SMILES string of the molecule is Cl.N[C@@H](c1ccc(F)c(F)c1)C1CC1.